The highest BCUT2D eigenvalue weighted by atomic mass is 32.2. The summed E-state index contributed by atoms with van der Waals surface area (Å²) in [6.07, 6.45) is 3.71. The molecule has 2 rings (SSSR count). The molecule has 0 bridgehead atoms. The van der Waals surface area contributed by atoms with E-state index in [1.807, 2.05) is 19.1 Å². The molecule has 1 saturated heterocycles. The Kier molecular flexibility index (Phi) is 7.25. The van der Waals surface area contributed by atoms with Gasteiger partial charge in [-0.25, -0.2) is 13.4 Å². The van der Waals surface area contributed by atoms with Crippen LogP contribution in [0.15, 0.2) is 34.2 Å². The van der Waals surface area contributed by atoms with Gasteiger partial charge >= 0.3 is 0 Å². The molecule has 0 aromatic heterocycles. The van der Waals surface area contributed by atoms with E-state index >= 15 is 0 Å². The maximum atomic E-state index is 11.5. The molecule has 0 spiro atoms. The van der Waals surface area contributed by atoms with Crippen LogP contribution in [0.4, 0.5) is 0 Å². The Morgan fingerprint density at radius 2 is 1.96 bits per heavy atom. The van der Waals surface area contributed by atoms with Crippen molar-refractivity contribution in [1.29, 1.82) is 0 Å². The summed E-state index contributed by atoms with van der Waals surface area (Å²) in [6, 6.07) is 7.48. The van der Waals surface area contributed by atoms with Gasteiger partial charge in [0.1, 0.15) is 0 Å². The Balaban J connectivity index is 1.94. The second-order valence-electron chi connectivity index (χ2n) is 6.42. The van der Waals surface area contributed by atoms with Crippen LogP contribution in [0.25, 0.3) is 0 Å². The molecule has 0 saturated carbocycles. The van der Waals surface area contributed by atoms with Crippen molar-refractivity contribution in [2.45, 2.75) is 44.2 Å². The van der Waals surface area contributed by atoms with Crippen molar-refractivity contribution in [3.8, 4) is 0 Å². The summed E-state index contributed by atoms with van der Waals surface area (Å²) in [5.74, 6) is 0.803. The Morgan fingerprint density at radius 3 is 2.56 bits per heavy atom. The summed E-state index contributed by atoms with van der Waals surface area (Å²) < 4.78 is 23.0. The molecule has 1 unspecified atom stereocenters. The van der Waals surface area contributed by atoms with Crippen LogP contribution >= 0.6 is 0 Å². The molecular formula is C18H30N4O2S. The normalized spacial score (nSPS) is 19.2. The van der Waals surface area contributed by atoms with E-state index < -0.39 is 9.84 Å². The summed E-state index contributed by atoms with van der Waals surface area (Å²) in [4.78, 5) is 7.45. The standard InChI is InChI=1S/C18H30N4O2S/c1-4-19-18(21-14-16-7-6-12-22(16)5-2)20-13-15-8-10-17(11-9-15)25(3,23)24/h8-11,16H,4-7,12-14H2,1-3H3,(H2,19,20,21). The molecule has 1 heterocycles. The number of guanidine groups is 1. The fourth-order valence-corrected chi connectivity index (χ4v) is 3.74. The maximum Gasteiger partial charge on any atom is 0.191 e. The van der Waals surface area contributed by atoms with Gasteiger partial charge in [-0.3, -0.25) is 4.90 Å². The quantitative estimate of drug-likeness (QED) is 0.567. The number of hydrogen-bond acceptors (Lipinski definition) is 4. The summed E-state index contributed by atoms with van der Waals surface area (Å²) in [6.45, 7) is 8.74. The third-order valence-corrected chi connectivity index (χ3v) is 5.65. The number of sulfone groups is 1. The number of likely N-dealkylation sites (tertiary alicyclic amines) is 1. The van der Waals surface area contributed by atoms with E-state index in [2.05, 4.69) is 27.4 Å². The van der Waals surface area contributed by atoms with Gasteiger partial charge in [0.2, 0.25) is 0 Å². The number of hydrogen-bond donors (Lipinski definition) is 2. The monoisotopic (exact) mass is 366 g/mol. The van der Waals surface area contributed by atoms with E-state index in [1.165, 1.54) is 25.6 Å². The molecule has 0 amide bonds. The van der Waals surface area contributed by atoms with E-state index in [0.29, 0.717) is 17.5 Å². The lowest BCUT2D eigenvalue weighted by molar-refractivity contribution is 0.267. The van der Waals surface area contributed by atoms with Gasteiger partial charge in [0.05, 0.1) is 11.4 Å². The molecule has 140 valence electrons. The van der Waals surface area contributed by atoms with Crippen molar-refractivity contribution in [1.82, 2.24) is 15.5 Å². The Bertz CT molecular complexity index is 671. The fourth-order valence-electron chi connectivity index (χ4n) is 3.11. The number of aliphatic imine (C=N–C) groups is 1. The molecular weight excluding hydrogens is 336 g/mol. The highest BCUT2D eigenvalue weighted by Crippen LogP contribution is 2.15. The second kappa shape index (κ2) is 9.20. The molecule has 1 atom stereocenters. The van der Waals surface area contributed by atoms with E-state index in [9.17, 15) is 8.42 Å². The number of benzene rings is 1. The number of likely N-dealkylation sites (N-methyl/N-ethyl adjacent to an activating group) is 1. The van der Waals surface area contributed by atoms with Gasteiger partial charge in [0.25, 0.3) is 0 Å². The topological polar surface area (TPSA) is 73.8 Å². The predicted molar refractivity (Wildman–Crippen MR) is 103 cm³/mol. The number of rotatable bonds is 7. The zero-order chi connectivity index (χ0) is 18.3. The van der Waals surface area contributed by atoms with Crippen molar-refractivity contribution >= 4 is 15.8 Å². The smallest absolute Gasteiger partial charge is 0.191 e. The summed E-state index contributed by atoms with van der Waals surface area (Å²) in [5.41, 5.74) is 0.987. The lowest BCUT2D eigenvalue weighted by atomic mass is 10.2. The molecule has 6 nitrogen and oxygen atoms in total. The average molecular weight is 367 g/mol. The van der Waals surface area contributed by atoms with Crippen LogP contribution in [0.5, 0.6) is 0 Å². The predicted octanol–water partition coefficient (Wildman–Crippen LogP) is 1.63. The van der Waals surface area contributed by atoms with Crippen LogP contribution in [0.1, 0.15) is 32.3 Å². The van der Waals surface area contributed by atoms with Crippen LogP contribution in [-0.4, -0.2) is 57.8 Å². The lowest BCUT2D eigenvalue weighted by Crippen LogP contribution is -2.44. The third kappa shape index (κ3) is 6.01. The number of nitrogens with one attached hydrogen (secondary N) is 2. The van der Waals surface area contributed by atoms with Gasteiger partial charge < -0.3 is 10.6 Å². The van der Waals surface area contributed by atoms with Crippen LogP contribution in [0, 0.1) is 0 Å². The minimum Gasteiger partial charge on any atom is -0.357 e. The minimum atomic E-state index is -3.15. The van der Waals surface area contributed by atoms with E-state index in [4.69, 9.17) is 0 Å². The molecule has 25 heavy (non-hydrogen) atoms. The van der Waals surface area contributed by atoms with Crippen molar-refractivity contribution in [2.24, 2.45) is 4.99 Å². The molecule has 1 aliphatic rings. The van der Waals surface area contributed by atoms with E-state index in [1.54, 1.807) is 12.1 Å². The van der Waals surface area contributed by atoms with Crippen LogP contribution in [0.2, 0.25) is 0 Å². The van der Waals surface area contributed by atoms with Gasteiger partial charge in [-0.15, -0.1) is 0 Å². The van der Waals surface area contributed by atoms with Crippen molar-refractivity contribution in [2.75, 3.05) is 32.4 Å². The van der Waals surface area contributed by atoms with E-state index in [0.717, 1.165) is 31.2 Å². The molecule has 0 aliphatic carbocycles. The lowest BCUT2D eigenvalue weighted by Gasteiger charge is -2.24. The van der Waals surface area contributed by atoms with Gasteiger partial charge in [-0.1, -0.05) is 19.1 Å². The Morgan fingerprint density at radius 1 is 1.24 bits per heavy atom. The molecule has 1 fully saturated rings. The van der Waals surface area contributed by atoms with Gasteiger partial charge in [0.15, 0.2) is 15.8 Å². The first-order valence-corrected chi connectivity index (χ1v) is 10.9. The van der Waals surface area contributed by atoms with Gasteiger partial charge in [-0.05, 0) is 50.6 Å². The molecule has 1 aromatic rings. The van der Waals surface area contributed by atoms with Crippen molar-refractivity contribution in [3.05, 3.63) is 29.8 Å². The first-order chi connectivity index (χ1) is 11.9. The molecule has 1 aromatic carbocycles. The zero-order valence-electron chi connectivity index (χ0n) is 15.5. The summed E-state index contributed by atoms with van der Waals surface area (Å²) >= 11 is 0. The fraction of sp³-hybridized carbons (Fsp3) is 0.611. The highest BCUT2D eigenvalue weighted by molar-refractivity contribution is 7.90. The summed E-state index contributed by atoms with van der Waals surface area (Å²) in [7, 11) is -3.15. The van der Waals surface area contributed by atoms with Crippen molar-refractivity contribution < 1.29 is 8.42 Å². The van der Waals surface area contributed by atoms with Gasteiger partial charge in [-0.2, -0.15) is 0 Å². The maximum absolute atomic E-state index is 11.5. The van der Waals surface area contributed by atoms with Crippen molar-refractivity contribution in [3.63, 3.8) is 0 Å². The zero-order valence-corrected chi connectivity index (χ0v) is 16.3. The van der Waals surface area contributed by atoms with E-state index in [-0.39, 0.29) is 0 Å². The molecule has 2 N–H and O–H groups in total. The van der Waals surface area contributed by atoms with Crippen LogP contribution in [0.3, 0.4) is 0 Å². The largest absolute Gasteiger partial charge is 0.357 e. The first kappa shape index (κ1) is 19.7. The Labute approximate surface area is 151 Å². The van der Waals surface area contributed by atoms with Crippen LogP contribution < -0.4 is 10.6 Å². The highest BCUT2D eigenvalue weighted by Gasteiger charge is 2.22. The van der Waals surface area contributed by atoms with Crippen LogP contribution in [-0.2, 0) is 16.4 Å². The Hall–Kier alpha value is -1.60. The number of nitrogens with zero attached hydrogens (tertiary/aromatic N) is 2. The molecule has 7 heteroatoms. The first-order valence-electron chi connectivity index (χ1n) is 8.99. The third-order valence-electron chi connectivity index (χ3n) is 4.53. The second-order valence-corrected chi connectivity index (χ2v) is 8.43. The molecule has 0 radical (unpaired) electrons. The van der Waals surface area contributed by atoms with Gasteiger partial charge in [0, 0.05) is 25.4 Å². The molecule has 1 aliphatic heterocycles. The summed E-state index contributed by atoms with van der Waals surface area (Å²) in [5, 5.41) is 6.70. The average Bonchev–Trinajstić information content (AvgIpc) is 3.04. The SMILES string of the molecule is CCNC(=NCc1ccc(S(C)(=O)=O)cc1)NCC1CCCN1CC. The minimum absolute atomic E-state index is 0.339.